The van der Waals surface area contributed by atoms with Crippen molar-refractivity contribution in [3.63, 3.8) is 0 Å². The summed E-state index contributed by atoms with van der Waals surface area (Å²) in [5.74, 6) is 0.829. The van der Waals surface area contributed by atoms with Crippen LogP contribution < -0.4 is 10.1 Å². The summed E-state index contributed by atoms with van der Waals surface area (Å²) in [6, 6.07) is 5.81. The Morgan fingerprint density at radius 2 is 1.81 bits per heavy atom. The van der Waals surface area contributed by atoms with Crippen LogP contribution in [0.4, 0.5) is 0 Å². The molecule has 0 aromatic heterocycles. The van der Waals surface area contributed by atoms with Gasteiger partial charge in [0.15, 0.2) is 0 Å². The Balaban J connectivity index is 1.36. The molecule has 0 radical (unpaired) electrons. The van der Waals surface area contributed by atoms with Crippen molar-refractivity contribution in [2.45, 2.75) is 82.5 Å². The molecule has 4 rings (SSSR count). The maximum Gasteiger partial charge on any atom is 0.254 e. The maximum absolute atomic E-state index is 13.1. The van der Waals surface area contributed by atoms with Crippen LogP contribution in [0.3, 0.4) is 0 Å². The molecule has 7 heteroatoms. The Morgan fingerprint density at radius 1 is 1.09 bits per heavy atom. The van der Waals surface area contributed by atoms with Gasteiger partial charge in [0.2, 0.25) is 5.91 Å². The van der Waals surface area contributed by atoms with Crippen molar-refractivity contribution in [1.82, 2.24) is 15.1 Å². The maximum atomic E-state index is 13.1. The number of amides is 2. The summed E-state index contributed by atoms with van der Waals surface area (Å²) in [6.07, 6.45) is 7.41. The van der Waals surface area contributed by atoms with Gasteiger partial charge in [0.05, 0.1) is 19.3 Å². The Hall–Kier alpha value is -2.12. The zero-order valence-corrected chi connectivity index (χ0v) is 19.4. The van der Waals surface area contributed by atoms with Crippen molar-refractivity contribution in [2.24, 2.45) is 0 Å². The molecule has 32 heavy (non-hydrogen) atoms. The van der Waals surface area contributed by atoms with Crippen LogP contribution in [0.1, 0.15) is 67.3 Å². The van der Waals surface area contributed by atoms with Crippen LogP contribution in [0.2, 0.25) is 0 Å². The summed E-state index contributed by atoms with van der Waals surface area (Å²) in [7, 11) is 1.62. The van der Waals surface area contributed by atoms with E-state index in [2.05, 4.69) is 10.2 Å². The van der Waals surface area contributed by atoms with Gasteiger partial charge in [-0.2, -0.15) is 0 Å². The smallest absolute Gasteiger partial charge is 0.254 e. The van der Waals surface area contributed by atoms with Crippen molar-refractivity contribution in [3.8, 4) is 5.75 Å². The number of nitrogens with zero attached hydrogens (tertiary/aromatic N) is 2. The highest BCUT2D eigenvalue weighted by Crippen LogP contribution is 2.29. The number of nitrogens with one attached hydrogen (secondary N) is 1. The summed E-state index contributed by atoms with van der Waals surface area (Å²) in [4.78, 5) is 30.2. The fourth-order valence-electron chi connectivity index (χ4n) is 5.68. The molecule has 1 aromatic rings. The van der Waals surface area contributed by atoms with E-state index in [4.69, 9.17) is 4.74 Å². The van der Waals surface area contributed by atoms with Crippen LogP contribution >= 0.6 is 0 Å². The average molecular weight is 444 g/mol. The second-order valence-corrected chi connectivity index (χ2v) is 9.60. The molecule has 3 fully saturated rings. The number of hydrogen-bond acceptors (Lipinski definition) is 5. The number of β-amino-alcohol motifs (C(OH)–C–C–N with tert-alkyl or cyclic N) is 1. The second kappa shape index (κ2) is 10.2. The third-order valence-electron chi connectivity index (χ3n) is 7.53. The van der Waals surface area contributed by atoms with Crippen LogP contribution in [0.5, 0.6) is 5.75 Å². The van der Waals surface area contributed by atoms with E-state index in [9.17, 15) is 14.7 Å². The molecule has 2 heterocycles. The molecule has 1 aromatic carbocycles. The second-order valence-electron chi connectivity index (χ2n) is 9.60. The van der Waals surface area contributed by atoms with Gasteiger partial charge in [-0.1, -0.05) is 25.3 Å². The van der Waals surface area contributed by atoms with E-state index < -0.39 is 6.10 Å². The van der Waals surface area contributed by atoms with Gasteiger partial charge in [0.25, 0.3) is 5.91 Å². The normalized spacial score (nSPS) is 25.7. The molecule has 2 atom stereocenters. The SMILES string of the molecule is COc1cccc(C(=O)N2CCC(N3C[C@H](O)C[C@H]3C(=O)NC3CCCCC3)CC2)c1C. The molecule has 7 nitrogen and oxygen atoms in total. The minimum absolute atomic E-state index is 0.0351. The van der Waals surface area contributed by atoms with E-state index in [1.54, 1.807) is 7.11 Å². The van der Waals surface area contributed by atoms with Crippen molar-refractivity contribution < 1.29 is 19.4 Å². The van der Waals surface area contributed by atoms with Gasteiger partial charge in [-0.15, -0.1) is 0 Å². The van der Waals surface area contributed by atoms with E-state index in [1.807, 2.05) is 30.0 Å². The zero-order chi connectivity index (χ0) is 22.7. The Labute approximate surface area is 191 Å². The lowest BCUT2D eigenvalue weighted by Gasteiger charge is -2.39. The number of piperidine rings is 1. The molecule has 1 aliphatic carbocycles. The van der Waals surface area contributed by atoms with E-state index in [0.717, 1.165) is 37.0 Å². The standard InChI is InChI=1S/C25H37N3O4/c1-17-21(9-6-10-23(17)32-2)25(31)27-13-11-19(12-14-27)28-16-20(29)15-22(28)24(30)26-18-7-4-3-5-8-18/h6,9-10,18-20,22,29H,3-5,7-8,11-16H2,1-2H3,(H,26,30)/t20-,22+/m1/s1. The summed E-state index contributed by atoms with van der Waals surface area (Å²) in [5.41, 5.74) is 1.55. The molecule has 2 saturated heterocycles. The highest BCUT2D eigenvalue weighted by atomic mass is 16.5. The first kappa shape index (κ1) is 23.1. The number of methoxy groups -OCH3 is 1. The van der Waals surface area contributed by atoms with Crippen molar-refractivity contribution in [1.29, 1.82) is 0 Å². The van der Waals surface area contributed by atoms with Crippen LogP contribution in [-0.4, -0.2) is 77.7 Å². The minimum atomic E-state index is -0.462. The Morgan fingerprint density at radius 3 is 2.50 bits per heavy atom. The Bertz CT molecular complexity index is 815. The summed E-state index contributed by atoms with van der Waals surface area (Å²) < 4.78 is 5.37. The molecule has 0 unspecified atom stereocenters. The first-order chi connectivity index (χ1) is 15.5. The van der Waals surface area contributed by atoms with Gasteiger partial charge in [0.1, 0.15) is 5.75 Å². The summed E-state index contributed by atoms with van der Waals surface area (Å²) >= 11 is 0. The van der Waals surface area contributed by atoms with Gasteiger partial charge in [0, 0.05) is 42.8 Å². The first-order valence-electron chi connectivity index (χ1n) is 12.1. The lowest BCUT2D eigenvalue weighted by molar-refractivity contribution is -0.127. The fourth-order valence-corrected chi connectivity index (χ4v) is 5.68. The highest BCUT2D eigenvalue weighted by molar-refractivity contribution is 5.96. The number of ether oxygens (including phenoxy) is 1. The van der Waals surface area contributed by atoms with Gasteiger partial charge >= 0.3 is 0 Å². The third kappa shape index (κ3) is 4.94. The predicted molar refractivity (Wildman–Crippen MR) is 123 cm³/mol. The fraction of sp³-hybridized carbons (Fsp3) is 0.680. The molecule has 2 N–H and O–H groups in total. The number of hydrogen-bond donors (Lipinski definition) is 2. The molecule has 176 valence electrons. The lowest BCUT2D eigenvalue weighted by Crippen LogP contribution is -2.53. The van der Waals surface area contributed by atoms with Crippen molar-refractivity contribution >= 4 is 11.8 Å². The number of likely N-dealkylation sites (tertiary alicyclic amines) is 2. The Kier molecular flexibility index (Phi) is 7.36. The van der Waals surface area contributed by atoms with Crippen LogP contribution in [0.25, 0.3) is 0 Å². The van der Waals surface area contributed by atoms with Crippen LogP contribution in [0.15, 0.2) is 18.2 Å². The number of rotatable bonds is 5. The topological polar surface area (TPSA) is 82.1 Å². The minimum Gasteiger partial charge on any atom is -0.496 e. The number of carbonyl (C=O) groups excluding carboxylic acids is 2. The highest BCUT2D eigenvalue weighted by Gasteiger charge is 2.41. The van der Waals surface area contributed by atoms with Gasteiger partial charge in [-0.05, 0) is 51.2 Å². The van der Waals surface area contributed by atoms with E-state index in [0.29, 0.717) is 31.6 Å². The summed E-state index contributed by atoms with van der Waals surface area (Å²) in [6.45, 7) is 3.77. The molecular weight excluding hydrogens is 406 g/mol. The predicted octanol–water partition coefficient (Wildman–Crippen LogP) is 2.49. The van der Waals surface area contributed by atoms with Gasteiger partial charge < -0.3 is 20.1 Å². The van der Waals surface area contributed by atoms with Crippen molar-refractivity contribution in [2.75, 3.05) is 26.7 Å². The number of carbonyl (C=O) groups is 2. The lowest BCUT2D eigenvalue weighted by atomic mass is 9.95. The zero-order valence-electron chi connectivity index (χ0n) is 19.4. The molecular formula is C25H37N3O4. The molecule has 0 bridgehead atoms. The third-order valence-corrected chi connectivity index (χ3v) is 7.53. The number of aliphatic hydroxyl groups excluding tert-OH is 1. The van der Waals surface area contributed by atoms with Crippen LogP contribution in [-0.2, 0) is 4.79 Å². The molecule has 2 amide bonds. The largest absolute Gasteiger partial charge is 0.496 e. The summed E-state index contributed by atoms with van der Waals surface area (Å²) in [5, 5.41) is 13.6. The molecule has 1 saturated carbocycles. The number of aliphatic hydroxyl groups is 1. The monoisotopic (exact) mass is 443 g/mol. The van der Waals surface area contributed by atoms with Gasteiger partial charge in [-0.25, -0.2) is 0 Å². The first-order valence-corrected chi connectivity index (χ1v) is 12.1. The molecule has 2 aliphatic heterocycles. The van der Waals surface area contributed by atoms with Crippen LogP contribution in [0, 0.1) is 6.92 Å². The average Bonchev–Trinajstić information content (AvgIpc) is 3.21. The number of benzene rings is 1. The molecule has 3 aliphatic rings. The quantitative estimate of drug-likeness (QED) is 0.731. The van der Waals surface area contributed by atoms with E-state index in [1.165, 1.54) is 19.3 Å². The van der Waals surface area contributed by atoms with E-state index >= 15 is 0 Å². The van der Waals surface area contributed by atoms with E-state index in [-0.39, 0.29) is 29.9 Å². The van der Waals surface area contributed by atoms with Gasteiger partial charge in [-0.3, -0.25) is 14.5 Å². The van der Waals surface area contributed by atoms with Crippen molar-refractivity contribution in [3.05, 3.63) is 29.3 Å². The molecule has 0 spiro atoms.